The number of benzene rings is 1. The highest BCUT2D eigenvalue weighted by Crippen LogP contribution is 2.35. The van der Waals surface area contributed by atoms with Crippen LogP contribution in [0.5, 0.6) is 11.5 Å². The van der Waals surface area contributed by atoms with Crippen LogP contribution in [0.2, 0.25) is 0 Å². The maximum Gasteiger partial charge on any atom is 0.353 e. The van der Waals surface area contributed by atoms with Crippen molar-refractivity contribution in [3.05, 3.63) is 29.5 Å². The van der Waals surface area contributed by atoms with Gasteiger partial charge in [-0.15, -0.1) is 0 Å². The number of aromatic amines is 1. The van der Waals surface area contributed by atoms with Crippen molar-refractivity contribution >= 4 is 5.97 Å². The largest absolute Gasteiger partial charge is 0.496 e. The van der Waals surface area contributed by atoms with E-state index in [1.54, 1.807) is 26.4 Å². The van der Waals surface area contributed by atoms with Crippen molar-refractivity contribution in [3.63, 3.8) is 0 Å². The van der Waals surface area contributed by atoms with Gasteiger partial charge in [-0.3, -0.25) is 5.10 Å². The summed E-state index contributed by atoms with van der Waals surface area (Å²) in [5.41, 5.74) is 1.94. The third-order valence-corrected chi connectivity index (χ3v) is 2.99. The Labute approximate surface area is 121 Å². The minimum absolute atomic E-state index is 0.00647. The summed E-state index contributed by atoms with van der Waals surface area (Å²) in [5.74, 6) is 0.106. The zero-order valence-corrected chi connectivity index (χ0v) is 12.0. The molecule has 0 bridgehead atoms. The summed E-state index contributed by atoms with van der Waals surface area (Å²) < 4.78 is 15.8. The molecule has 0 aliphatic heterocycles. The lowest BCUT2D eigenvalue weighted by atomic mass is 10.1. The van der Waals surface area contributed by atoms with E-state index >= 15 is 0 Å². The van der Waals surface area contributed by atoms with E-state index in [-0.39, 0.29) is 5.69 Å². The number of nitrogens with zero attached hydrogens (tertiary/aromatic N) is 1. The van der Waals surface area contributed by atoms with Crippen LogP contribution >= 0.6 is 0 Å². The number of H-pyrrole nitrogens is 1. The lowest BCUT2D eigenvalue weighted by molar-refractivity contribution is 0.0690. The second kappa shape index (κ2) is 6.27. The van der Waals surface area contributed by atoms with Gasteiger partial charge in [0.25, 0.3) is 0 Å². The van der Waals surface area contributed by atoms with Crippen molar-refractivity contribution in [3.8, 4) is 22.8 Å². The summed E-state index contributed by atoms with van der Waals surface area (Å²) in [6.45, 7) is 0.376. The SMILES string of the molecule is COCc1cc(OC)c(-c2cc(C(=O)O)[nH]n2)cc1OC. The number of carbonyl (C=O) groups is 1. The van der Waals surface area contributed by atoms with Gasteiger partial charge in [0.2, 0.25) is 0 Å². The molecule has 0 aliphatic rings. The van der Waals surface area contributed by atoms with Crippen molar-refractivity contribution in [1.29, 1.82) is 0 Å². The number of hydrogen-bond acceptors (Lipinski definition) is 5. The maximum atomic E-state index is 10.9. The van der Waals surface area contributed by atoms with Crippen LogP contribution in [-0.4, -0.2) is 42.6 Å². The van der Waals surface area contributed by atoms with E-state index in [1.807, 2.05) is 0 Å². The molecule has 0 aliphatic carbocycles. The summed E-state index contributed by atoms with van der Waals surface area (Å²) in [5, 5.41) is 15.4. The summed E-state index contributed by atoms with van der Waals surface area (Å²) in [4.78, 5) is 10.9. The Hall–Kier alpha value is -2.54. The molecule has 0 spiro atoms. The Balaban J connectivity index is 2.53. The van der Waals surface area contributed by atoms with Gasteiger partial charge in [0.15, 0.2) is 0 Å². The average Bonchev–Trinajstić information content (AvgIpc) is 2.97. The summed E-state index contributed by atoms with van der Waals surface area (Å²) in [6.07, 6.45) is 0. The Morgan fingerprint density at radius 3 is 2.43 bits per heavy atom. The quantitative estimate of drug-likeness (QED) is 0.845. The van der Waals surface area contributed by atoms with E-state index in [4.69, 9.17) is 19.3 Å². The Kier molecular flexibility index (Phi) is 4.44. The van der Waals surface area contributed by atoms with Crippen LogP contribution in [0.3, 0.4) is 0 Å². The molecule has 21 heavy (non-hydrogen) atoms. The van der Waals surface area contributed by atoms with Crippen LogP contribution < -0.4 is 9.47 Å². The topological polar surface area (TPSA) is 93.7 Å². The summed E-state index contributed by atoms with van der Waals surface area (Å²) in [6, 6.07) is 4.97. The van der Waals surface area contributed by atoms with E-state index in [0.29, 0.717) is 29.4 Å². The van der Waals surface area contributed by atoms with Gasteiger partial charge in [-0.1, -0.05) is 0 Å². The maximum absolute atomic E-state index is 10.9. The fraction of sp³-hybridized carbons (Fsp3) is 0.286. The molecule has 1 aromatic carbocycles. The van der Waals surface area contributed by atoms with E-state index in [2.05, 4.69) is 10.2 Å². The molecule has 0 unspecified atom stereocenters. The first-order valence-electron chi connectivity index (χ1n) is 6.13. The number of nitrogens with one attached hydrogen (secondary N) is 1. The Morgan fingerprint density at radius 1 is 1.19 bits per heavy atom. The van der Waals surface area contributed by atoms with E-state index in [0.717, 1.165) is 5.56 Å². The zero-order chi connectivity index (χ0) is 15.4. The molecule has 0 atom stereocenters. The fourth-order valence-corrected chi connectivity index (χ4v) is 2.00. The number of ether oxygens (including phenoxy) is 3. The first-order valence-corrected chi connectivity index (χ1v) is 6.13. The molecule has 7 heteroatoms. The molecule has 1 heterocycles. The third-order valence-electron chi connectivity index (χ3n) is 2.99. The van der Waals surface area contributed by atoms with Crippen molar-refractivity contribution < 1.29 is 24.1 Å². The first-order chi connectivity index (χ1) is 10.1. The van der Waals surface area contributed by atoms with Crippen LogP contribution in [0.15, 0.2) is 18.2 Å². The number of carboxylic acid groups (broad SMARTS) is 1. The van der Waals surface area contributed by atoms with Gasteiger partial charge in [-0.25, -0.2) is 4.79 Å². The molecule has 0 fully saturated rings. The number of aromatic nitrogens is 2. The summed E-state index contributed by atoms with van der Waals surface area (Å²) >= 11 is 0. The molecule has 2 N–H and O–H groups in total. The minimum Gasteiger partial charge on any atom is -0.496 e. The molecule has 2 aromatic rings. The molecular formula is C14H16N2O5. The van der Waals surface area contributed by atoms with Crippen LogP contribution in [0, 0.1) is 0 Å². The fourth-order valence-electron chi connectivity index (χ4n) is 2.00. The van der Waals surface area contributed by atoms with Gasteiger partial charge < -0.3 is 19.3 Å². The molecule has 2 rings (SSSR count). The van der Waals surface area contributed by atoms with Crippen molar-refractivity contribution in [2.24, 2.45) is 0 Å². The van der Waals surface area contributed by atoms with E-state index in [9.17, 15) is 4.79 Å². The predicted octanol–water partition coefficient (Wildman–Crippen LogP) is 1.94. The van der Waals surface area contributed by atoms with Crippen molar-refractivity contribution in [2.45, 2.75) is 6.61 Å². The van der Waals surface area contributed by atoms with Gasteiger partial charge in [-0.2, -0.15) is 5.10 Å². The molecule has 0 radical (unpaired) electrons. The number of aromatic carboxylic acids is 1. The highest BCUT2D eigenvalue weighted by Gasteiger charge is 2.16. The van der Waals surface area contributed by atoms with Crippen LogP contribution in [0.25, 0.3) is 11.3 Å². The Bertz CT molecular complexity index is 651. The smallest absolute Gasteiger partial charge is 0.353 e. The van der Waals surface area contributed by atoms with Crippen LogP contribution in [-0.2, 0) is 11.3 Å². The molecule has 0 amide bonds. The van der Waals surface area contributed by atoms with Gasteiger partial charge >= 0.3 is 5.97 Å². The highest BCUT2D eigenvalue weighted by molar-refractivity contribution is 5.87. The van der Waals surface area contributed by atoms with Crippen LogP contribution in [0.1, 0.15) is 16.1 Å². The van der Waals surface area contributed by atoms with E-state index in [1.165, 1.54) is 13.2 Å². The number of rotatable bonds is 6. The second-order valence-electron chi connectivity index (χ2n) is 4.27. The molecule has 1 aromatic heterocycles. The van der Waals surface area contributed by atoms with Gasteiger partial charge in [0.05, 0.1) is 26.5 Å². The Morgan fingerprint density at radius 2 is 1.90 bits per heavy atom. The normalized spacial score (nSPS) is 10.4. The van der Waals surface area contributed by atoms with E-state index < -0.39 is 5.97 Å². The summed E-state index contributed by atoms with van der Waals surface area (Å²) in [7, 11) is 4.68. The van der Waals surface area contributed by atoms with Gasteiger partial charge in [-0.05, 0) is 18.2 Å². The molecule has 7 nitrogen and oxygen atoms in total. The minimum atomic E-state index is -1.07. The second-order valence-corrected chi connectivity index (χ2v) is 4.27. The lowest BCUT2D eigenvalue weighted by Gasteiger charge is -2.13. The molecule has 0 saturated heterocycles. The molecular weight excluding hydrogens is 276 g/mol. The standard InChI is InChI=1S/C14H16N2O5/c1-19-7-8-4-13(21-3)9(5-12(8)20-2)10-6-11(14(17)18)16-15-10/h4-6H,7H2,1-3H3,(H,15,16)(H,17,18). The van der Waals surface area contributed by atoms with Gasteiger partial charge in [0.1, 0.15) is 17.2 Å². The van der Waals surface area contributed by atoms with Crippen LogP contribution in [0.4, 0.5) is 0 Å². The van der Waals surface area contributed by atoms with Gasteiger partial charge in [0, 0.05) is 18.2 Å². The number of methoxy groups -OCH3 is 3. The lowest BCUT2D eigenvalue weighted by Crippen LogP contribution is -1.97. The number of carboxylic acids is 1. The predicted molar refractivity (Wildman–Crippen MR) is 74.8 cm³/mol. The highest BCUT2D eigenvalue weighted by atomic mass is 16.5. The monoisotopic (exact) mass is 292 g/mol. The first kappa shape index (κ1) is 14.9. The van der Waals surface area contributed by atoms with Crippen molar-refractivity contribution in [1.82, 2.24) is 10.2 Å². The third kappa shape index (κ3) is 2.97. The average molecular weight is 292 g/mol. The zero-order valence-electron chi connectivity index (χ0n) is 12.0. The molecule has 112 valence electrons. The van der Waals surface area contributed by atoms with Crippen molar-refractivity contribution in [2.75, 3.05) is 21.3 Å². The number of hydrogen-bond donors (Lipinski definition) is 2. The molecule has 0 saturated carbocycles.